The van der Waals surface area contributed by atoms with Gasteiger partial charge in [0.2, 0.25) is 17.1 Å². The van der Waals surface area contributed by atoms with E-state index in [1.54, 1.807) is 12.1 Å². The van der Waals surface area contributed by atoms with Crippen molar-refractivity contribution >= 4 is 11.6 Å². The van der Waals surface area contributed by atoms with Crippen molar-refractivity contribution in [2.24, 2.45) is 0 Å². The average molecular weight is 287 g/mol. The summed E-state index contributed by atoms with van der Waals surface area (Å²) in [4.78, 5) is 40.0. The lowest BCUT2D eigenvalue weighted by Crippen LogP contribution is -2.51. The molecule has 21 heavy (non-hydrogen) atoms. The first-order chi connectivity index (χ1) is 9.89. The molecule has 0 radical (unpaired) electrons. The molecule has 0 bridgehead atoms. The van der Waals surface area contributed by atoms with Gasteiger partial charge in [-0.1, -0.05) is 24.3 Å². The van der Waals surface area contributed by atoms with Gasteiger partial charge >= 0.3 is 5.69 Å². The number of carbonyl (C=O) groups is 1. The Hall–Kier alpha value is -2.71. The molecule has 0 unspecified atom stereocenters. The van der Waals surface area contributed by atoms with Crippen LogP contribution in [0.5, 0.6) is 0 Å². The zero-order valence-electron chi connectivity index (χ0n) is 10.4. The number of nitrogens with one attached hydrogen (secondary N) is 3. The molecule has 2 atom stereocenters. The second-order valence-corrected chi connectivity index (χ2v) is 5.08. The molecule has 0 saturated carbocycles. The average Bonchev–Trinajstić information content (AvgIpc) is 2.75. The van der Waals surface area contributed by atoms with Crippen LogP contribution in [0.3, 0.4) is 0 Å². The first kappa shape index (κ1) is 12.1. The summed E-state index contributed by atoms with van der Waals surface area (Å²) in [5, 5.41) is 24.1. The van der Waals surface area contributed by atoms with Crippen molar-refractivity contribution in [1.29, 1.82) is 0 Å². The van der Waals surface area contributed by atoms with Gasteiger partial charge in [0.1, 0.15) is 11.4 Å². The fourth-order valence-corrected chi connectivity index (χ4v) is 3.11. The Bertz CT molecular complexity index is 930. The number of hydrogen-bond donors (Lipinski definition) is 5. The van der Waals surface area contributed by atoms with Crippen LogP contribution >= 0.6 is 0 Å². The lowest BCUT2D eigenvalue weighted by Gasteiger charge is -2.29. The number of aliphatic hydroxyl groups is 2. The van der Waals surface area contributed by atoms with Crippen molar-refractivity contribution in [3.63, 3.8) is 0 Å². The van der Waals surface area contributed by atoms with Crippen LogP contribution in [-0.4, -0.2) is 26.0 Å². The molecule has 106 valence electrons. The van der Waals surface area contributed by atoms with E-state index in [1.165, 1.54) is 12.1 Å². The third kappa shape index (κ3) is 1.11. The summed E-state index contributed by atoms with van der Waals surface area (Å²) in [6.07, 6.45) is 0. The highest BCUT2D eigenvalue weighted by Crippen LogP contribution is 2.54. The van der Waals surface area contributed by atoms with E-state index in [1.807, 2.05) is 4.98 Å². The van der Waals surface area contributed by atoms with Gasteiger partial charge in [0, 0.05) is 11.1 Å². The van der Waals surface area contributed by atoms with E-state index in [0.717, 1.165) is 0 Å². The Morgan fingerprint density at radius 3 is 2.48 bits per heavy atom. The summed E-state index contributed by atoms with van der Waals surface area (Å²) in [5.41, 5.74) is -6.55. The van der Waals surface area contributed by atoms with Crippen LogP contribution < -0.4 is 16.6 Å². The van der Waals surface area contributed by atoms with E-state index in [2.05, 4.69) is 10.3 Å². The molecule has 4 rings (SSSR count). The topological polar surface area (TPSA) is 135 Å². The minimum absolute atomic E-state index is 0.117. The van der Waals surface area contributed by atoms with Crippen molar-refractivity contribution in [2.75, 3.05) is 5.32 Å². The summed E-state index contributed by atoms with van der Waals surface area (Å²) in [6.45, 7) is 0. The van der Waals surface area contributed by atoms with Crippen molar-refractivity contribution in [3.05, 3.63) is 61.8 Å². The van der Waals surface area contributed by atoms with E-state index in [9.17, 15) is 24.6 Å². The Labute approximate surface area is 116 Å². The van der Waals surface area contributed by atoms with E-state index < -0.39 is 33.9 Å². The molecular formula is C13H9N3O5. The number of rotatable bonds is 0. The van der Waals surface area contributed by atoms with E-state index in [-0.39, 0.29) is 16.9 Å². The number of carbonyl (C=O) groups excluding carboxylic acids is 1. The molecule has 8 nitrogen and oxygen atoms in total. The zero-order chi connectivity index (χ0) is 15.0. The van der Waals surface area contributed by atoms with Gasteiger partial charge in [-0.25, -0.2) is 4.79 Å². The van der Waals surface area contributed by atoms with Gasteiger partial charge in [-0.3, -0.25) is 19.6 Å². The quantitative estimate of drug-likeness (QED) is 0.409. The molecule has 0 amide bonds. The summed E-state index contributed by atoms with van der Waals surface area (Å²) >= 11 is 0. The maximum atomic E-state index is 12.5. The van der Waals surface area contributed by atoms with Gasteiger partial charge in [-0.05, 0) is 0 Å². The number of anilines is 1. The Morgan fingerprint density at radius 2 is 1.71 bits per heavy atom. The lowest BCUT2D eigenvalue weighted by molar-refractivity contribution is -0.101. The highest BCUT2D eigenvalue weighted by Gasteiger charge is 2.69. The zero-order valence-corrected chi connectivity index (χ0v) is 10.4. The third-order valence-corrected chi connectivity index (χ3v) is 4.02. The molecule has 2 aliphatic rings. The first-order valence-corrected chi connectivity index (χ1v) is 6.14. The second kappa shape index (κ2) is 3.30. The van der Waals surface area contributed by atoms with Crippen LogP contribution in [0.1, 0.15) is 21.5 Å². The fourth-order valence-electron chi connectivity index (χ4n) is 3.11. The van der Waals surface area contributed by atoms with Crippen molar-refractivity contribution in [2.45, 2.75) is 11.3 Å². The van der Waals surface area contributed by atoms with Crippen LogP contribution in [-0.2, 0) is 11.3 Å². The van der Waals surface area contributed by atoms with E-state index in [4.69, 9.17) is 0 Å². The molecule has 8 heteroatoms. The molecule has 1 aliphatic carbocycles. The molecule has 5 N–H and O–H groups in total. The number of hydrogen-bond acceptors (Lipinski definition) is 6. The van der Waals surface area contributed by atoms with Gasteiger partial charge in [-0.2, -0.15) is 0 Å². The summed E-state index contributed by atoms with van der Waals surface area (Å²) in [5.74, 6) is -0.971. The van der Waals surface area contributed by atoms with Gasteiger partial charge in [0.25, 0.3) is 5.56 Å². The number of aromatic nitrogens is 2. The molecule has 2 aromatic rings. The number of aromatic amines is 2. The summed E-state index contributed by atoms with van der Waals surface area (Å²) in [6, 6.07) is 6.10. The molecule has 0 saturated heterocycles. The van der Waals surface area contributed by atoms with Gasteiger partial charge < -0.3 is 15.5 Å². The number of ketones is 1. The van der Waals surface area contributed by atoms with Crippen molar-refractivity contribution < 1.29 is 15.0 Å². The Kier molecular flexibility index (Phi) is 1.90. The lowest BCUT2D eigenvalue weighted by atomic mass is 9.88. The summed E-state index contributed by atoms with van der Waals surface area (Å²) in [7, 11) is 0. The number of Topliss-reactive ketones (excluding diaryl/α,β-unsaturated/α-hetero) is 1. The number of benzene rings is 1. The fraction of sp³-hybridized carbons (Fsp3) is 0.154. The van der Waals surface area contributed by atoms with E-state index >= 15 is 0 Å². The predicted molar refractivity (Wildman–Crippen MR) is 69.9 cm³/mol. The highest BCUT2D eigenvalue weighted by atomic mass is 16.4. The van der Waals surface area contributed by atoms with Gasteiger partial charge in [0.15, 0.2) is 0 Å². The van der Waals surface area contributed by atoms with Crippen molar-refractivity contribution in [1.82, 2.24) is 9.97 Å². The van der Waals surface area contributed by atoms with Crippen LogP contribution in [0.15, 0.2) is 33.9 Å². The van der Waals surface area contributed by atoms with Crippen molar-refractivity contribution in [3.8, 4) is 0 Å². The number of fused-ring (bicyclic) bond motifs is 5. The Balaban J connectivity index is 2.13. The van der Waals surface area contributed by atoms with Crippen LogP contribution in [0.25, 0.3) is 0 Å². The molecule has 1 aromatic heterocycles. The first-order valence-electron chi connectivity index (χ1n) is 6.14. The van der Waals surface area contributed by atoms with Crippen LogP contribution in [0.2, 0.25) is 0 Å². The highest BCUT2D eigenvalue weighted by molar-refractivity contribution is 6.11. The maximum Gasteiger partial charge on any atom is 0.327 e. The monoisotopic (exact) mass is 287 g/mol. The van der Waals surface area contributed by atoms with Gasteiger partial charge in [-0.15, -0.1) is 0 Å². The molecule has 1 aromatic carbocycles. The SMILES string of the molecule is O=C1c2ccccc2[C@@]2(O)Nc3[nH]c(=O)[nH]c(=O)c3[C@@]12O. The Morgan fingerprint density at radius 1 is 1.00 bits per heavy atom. The maximum absolute atomic E-state index is 12.5. The molecule has 2 heterocycles. The van der Waals surface area contributed by atoms with Gasteiger partial charge in [0.05, 0.1) is 0 Å². The molecule has 0 spiro atoms. The minimum atomic E-state index is -2.48. The molecule has 1 aliphatic heterocycles. The second-order valence-electron chi connectivity index (χ2n) is 5.08. The largest absolute Gasteiger partial charge is 0.372 e. The molecular weight excluding hydrogens is 278 g/mol. The van der Waals surface area contributed by atoms with Crippen LogP contribution in [0.4, 0.5) is 5.82 Å². The molecule has 0 fully saturated rings. The summed E-state index contributed by atoms with van der Waals surface area (Å²) < 4.78 is 0. The minimum Gasteiger partial charge on any atom is -0.372 e. The van der Waals surface area contributed by atoms with E-state index in [0.29, 0.717) is 0 Å². The smallest absolute Gasteiger partial charge is 0.327 e. The third-order valence-electron chi connectivity index (χ3n) is 4.02. The standard InChI is InChI=1S/C13H9N3O5/c17-8-5-3-1-2-4-6(5)13(21)12(8,20)7-9(16-13)14-11(19)15-10(7)18/h1-4,20-21H,(H3,14,15,16,18,19)/t12-,13+/m1/s1. The predicted octanol–water partition coefficient (Wildman–Crippen LogP) is -1.28. The van der Waals surface area contributed by atoms with Crippen LogP contribution in [0, 0.1) is 0 Å². The number of H-pyrrole nitrogens is 2. The normalized spacial score (nSPS) is 28.8.